The number of benzene rings is 3. The lowest BCUT2D eigenvalue weighted by molar-refractivity contribution is -0.137. The lowest BCUT2D eigenvalue weighted by Crippen LogP contribution is -2.15. The normalized spacial score (nSPS) is 16.9. The molecule has 0 fully saturated rings. The van der Waals surface area contributed by atoms with Crippen LogP contribution in [0.25, 0.3) is 16.3 Å². The molecule has 4 nitrogen and oxygen atoms in total. The summed E-state index contributed by atoms with van der Waals surface area (Å²) in [6.45, 7) is 4.09. The summed E-state index contributed by atoms with van der Waals surface area (Å²) in [5.74, 6) is 1.48. The zero-order chi connectivity index (χ0) is 21.5. The Morgan fingerprint density at radius 2 is 1.63 bits per heavy atom. The first-order valence-corrected chi connectivity index (χ1v) is 9.51. The van der Waals surface area contributed by atoms with Crippen LogP contribution >= 0.6 is 0 Å². The second-order valence-electron chi connectivity index (χ2n) is 6.54. The van der Waals surface area contributed by atoms with Crippen molar-refractivity contribution < 1.29 is 32.5 Å². The van der Waals surface area contributed by atoms with Crippen LogP contribution in [0.2, 0.25) is 0 Å². The molecule has 1 unspecified atom stereocenters. The maximum atomic E-state index is 13.4. The maximum Gasteiger partial charge on any atom is 0.416 e. The molecule has 5 rings (SSSR count). The summed E-state index contributed by atoms with van der Waals surface area (Å²) in [4.78, 5) is 0. The van der Waals surface area contributed by atoms with E-state index in [1.54, 1.807) is 24.3 Å². The zero-order valence-corrected chi connectivity index (χ0v) is 16.3. The van der Waals surface area contributed by atoms with E-state index in [4.69, 9.17) is 14.2 Å². The predicted molar refractivity (Wildman–Crippen MR) is 106 cm³/mol. The molecular formula is C23H19F3O4. The Balaban J connectivity index is 0.00000106. The number of hydrogen-bond donors (Lipinski definition) is 1. The first-order valence-electron chi connectivity index (χ1n) is 9.51. The number of aliphatic hydroxyl groups is 1. The van der Waals surface area contributed by atoms with Crippen molar-refractivity contribution in [2.45, 2.75) is 26.1 Å². The van der Waals surface area contributed by atoms with Gasteiger partial charge in [0.2, 0.25) is 6.79 Å². The highest BCUT2D eigenvalue weighted by molar-refractivity contribution is 5.94. The van der Waals surface area contributed by atoms with Gasteiger partial charge in [0.1, 0.15) is 11.9 Å². The molecule has 0 aliphatic carbocycles. The molecule has 2 aliphatic heterocycles. The van der Waals surface area contributed by atoms with E-state index < -0.39 is 17.8 Å². The molecule has 0 saturated heterocycles. The third-order valence-corrected chi connectivity index (χ3v) is 4.94. The van der Waals surface area contributed by atoms with Gasteiger partial charge >= 0.3 is 6.18 Å². The molecule has 3 aromatic rings. The topological polar surface area (TPSA) is 47.9 Å². The summed E-state index contributed by atoms with van der Waals surface area (Å²) in [7, 11) is 0. The van der Waals surface area contributed by atoms with Crippen LogP contribution in [0.4, 0.5) is 13.2 Å². The molecule has 2 heterocycles. The van der Waals surface area contributed by atoms with Gasteiger partial charge < -0.3 is 19.3 Å². The van der Waals surface area contributed by atoms with Crippen molar-refractivity contribution >= 4 is 16.3 Å². The largest absolute Gasteiger partial charge is 0.464 e. The molecule has 2 aliphatic rings. The molecule has 1 atom stereocenters. The van der Waals surface area contributed by atoms with Crippen molar-refractivity contribution in [1.82, 2.24) is 0 Å². The van der Waals surface area contributed by atoms with Crippen molar-refractivity contribution in [1.29, 1.82) is 0 Å². The van der Waals surface area contributed by atoms with Gasteiger partial charge in [-0.05, 0) is 40.6 Å². The summed E-state index contributed by atoms with van der Waals surface area (Å²) < 4.78 is 56.7. The molecule has 0 bridgehead atoms. The van der Waals surface area contributed by atoms with Gasteiger partial charge in [0.25, 0.3) is 0 Å². The minimum atomic E-state index is -4.55. The van der Waals surface area contributed by atoms with Gasteiger partial charge in [-0.1, -0.05) is 38.1 Å². The van der Waals surface area contributed by atoms with Crippen LogP contribution in [-0.4, -0.2) is 11.9 Å². The minimum Gasteiger partial charge on any atom is -0.464 e. The second kappa shape index (κ2) is 7.57. The Kier molecular flexibility index (Phi) is 5.07. The van der Waals surface area contributed by atoms with E-state index in [0.29, 0.717) is 28.2 Å². The third kappa shape index (κ3) is 3.25. The van der Waals surface area contributed by atoms with Crippen LogP contribution in [0.1, 0.15) is 36.6 Å². The quantitative estimate of drug-likeness (QED) is 0.522. The van der Waals surface area contributed by atoms with Crippen molar-refractivity contribution in [3.8, 4) is 17.2 Å². The fourth-order valence-electron chi connectivity index (χ4n) is 3.64. The van der Waals surface area contributed by atoms with Crippen molar-refractivity contribution in [3.63, 3.8) is 0 Å². The Labute approximate surface area is 171 Å². The minimum absolute atomic E-state index is 0.0468. The highest BCUT2D eigenvalue weighted by Gasteiger charge is 2.37. The number of fused-ring (bicyclic) bond motifs is 4. The van der Waals surface area contributed by atoms with E-state index in [1.165, 1.54) is 24.5 Å². The van der Waals surface area contributed by atoms with Gasteiger partial charge in [-0.15, -0.1) is 0 Å². The van der Waals surface area contributed by atoms with E-state index >= 15 is 0 Å². The van der Waals surface area contributed by atoms with Gasteiger partial charge in [0.15, 0.2) is 11.5 Å². The standard InChI is InChI=1S/C21H13F3O4.C2H6/c22-21(23,24)15-4-2-1-3-12(15)14-9-26-16-6-5-11-7-17-18(28-10-27-17)8-13(11)19(16)20(14)25;1-2/h1-9,20,25H,10H2;1-2H3. The average Bonchev–Trinajstić information content (AvgIpc) is 3.20. The number of halogens is 3. The third-order valence-electron chi connectivity index (χ3n) is 4.94. The molecule has 156 valence electrons. The highest BCUT2D eigenvalue weighted by atomic mass is 19.4. The molecule has 1 N–H and O–H groups in total. The molecular weight excluding hydrogens is 397 g/mol. The molecule has 0 spiro atoms. The average molecular weight is 416 g/mol. The molecule has 0 saturated carbocycles. The Hall–Kier alpha value is -3.19. The van der Waals surface area contributed by atoms with E-state index in [-0.39, 0.29) is 17.9 Å². The highest BCUT2D eigenvalue weighted by Crippen LogP contribution is 2.48. The second-order valence-corrected chi connectivity index (χ2v) is 6.54. The van der Waals surface area contributed by atoms with Crippen LogP contribution in [0.5, 0.6) is 17.2 Å². The lowest BCUT2D eigenvalue weighted by atomic mass is 9.88. The number of alkyl halides is 3. The van der Waals surface area contributed by atoms with E-state index in [9.17, 15) is 18.3 Å². The Morgan fingerprint density at radius 3 is 2.37 bits per heavy atom. The Morgan fingerprint density at radius 1 is 0.933 bits per heavy atom. The van der Waals surface area contributed by atoms with Gasteiger partial charge in [-0.3, -0.25) is 0 Å². The monoisotopic (exact) mass is 416 g/mol. The number of rotatable bonds is 1. The smallest absolute Gasteiger partial charge is 0.416 e. The van der Waals surface area contributed by atoms with Gasteiger partial charge in [0, 0.05) is 11.1 Å². The first kappa shape index (κ1) is 20.1. The fourth-order valence-corrected chi connectivity index (χ4v) is 3.64. The number of ether oxygens (including phenoxy) is 3. The predicted octanol–water partition coefficient (Wildman–Crippen LogP) is 6.08. The maximum absolute atomic E-state index is 13.4. The SMILES string of the molecule is CC.OC1C(c2ccccc2C(F)(F)F)=COc2ccc3cc4c(cc3c21)OCO4. The number of hydrogen-bond acceptors (Lipinski definition) is 4. The van der Waals surface area contributed by atoms with Crippen LogP contribution in [0.15, 0.2) is 54.8 Å². The summed E-state index contributed by atoms with van der Waals surface area (Å²) in [5, 5.41) is 12.4. The summed E-state index contributed by atoms with van der Waals surface area (Å²) >= 11 is 0. The fraction of sp³-hybridized carbons (Fsp3) is 0.217. The summed E-state index contributed by atoms with van der Waals surface area (Å²) in [6, 6.07) is 12.1. The summed E-state index contributed by atoms with van der Waals surface area (Å²) in [6.07, 6.45) is -4.67. The van der Waals surface area contributed by atoms with Crippen LogP contribution in [0, 0.1) is 0 Å². The Bertz CT molecular complexity index is 1140. The van der Waals surface area contributed by atoms with Crippen molar-refractivity contribution in [3.05, 3.63) is 71.5 Å². The molecule has 0 aromatic heterocycles. The van der Waals surface area contributed by atoms with E-state index in [2.05, 4.69) is 0 Å². The zero-order valence-electron chi connectivity index (χ0n) is 16.3. The van der Waals surface area contributed by atoms with E-state index in [1.807, 2.05) is 13.8 Å². The molecule has 0 radical (unpaired) electrons. The van der Waals surface area contributed by atoms with Crippen LogP contribution in [0.3, 0.4) is 0 Å². The molecule has 30 heavy (non-hydrogen) atoms. The molecule has 0 amide bonds. The van der Waals surface area contributed by atoms with Gasteiger partial charge in [-0.2, -0.15) is 13.2 Å². The van der Waals surface area contributed by atoms with Crippen LogP contribution < -0.4 is 14.2 Å². The van der Waals surface area contributed by atoms with Gasteiger partial charge in [-0.25, -0.2) is 0 Å². The van der Waals surface area contributed by atoms with E-state index in [0.717, 1.165) is 11.5 Å². The lowest BCUT2D eigenvalue weighted by Gasteiger charge is -2.26. The number of aliphatic hydroxyl groups excluding tert-OH is 1. The molecule has 3 aromatic carbocycles. The van der Waals surface area contributed by atoms with Crippen LogP contribution in [-0.2, 0) is 6.18 Å². The van der Waals surface area contributed by atoms with Crippen molar-refractivity contribution in [2.75, 3.05) is 6.79 Å². The van der Waals surface area contributed by atoms with Crippen molar-refractivity contribution in [2.24, 2.45) is 0 Å². The first-order chi connectivity index (χ1) is 14.4. The molecule has 7 heteroatoms. The van der Waals surface area contributed by atoms with Gasteiger partial charge in [0.05, 0.1) is 11.8 Å². The summed E-state index contributed by atoms with van der Waals surface area (Å²) in [5.41, 5.74) is -0.507.